The van der Waals surface area contributed by atoms with Gasteiger partial charge in [-0.05, 0) is 30.0 Å². The quantitative estimate of drug-likeness (QED) is 0.878. The van der Waals surface area contributed by atoms with Gasteiger partial charge in [0.05, 0.1) is 0 Å². The summed E-state index contributed by atoms with van der Waals surface area (Å²) in [4.78, 5) is 10.8. The molecule has 0 saturated carbocycles. The Labute approximate surface area is 116 Å². The first-order valence-corrected chi connectivity index (χ1v) is 6.24. The van der Waals surface area contributed by atoms with Gasteiger partial charge >= 0.3 is 5.97 Å². The molecule has 2 rings (SSSR count). The van der Waals surface area contributed by atoms with Crippen molar-refractivity contribution in [1.29, 1.82) is 0 Å². The van der Waals surface area contributed by atoms with Crippen molar-refractivity contribution in [2.45, 2.75) is 33.1 Å². The van der Waals surface area contributed by atoms with Gasteiger partial charge in [0, 0.05) is 17.2 Å². The predicted molar refractivity (Wildman–Crippen MR) is 74.0 cm³/mol. The molecule has 106 valence electrons. The van der Waals surface area contributed by atoms with Crippen LogP contribution >= 0.6 is 0 Å². The van der Waals surface area contributed by atoms with Gasteiger partial charge < -0.3 is 14.7 Å². The number of aromatic carboxylic acids is 1. The zero-order chi connectivity index (χ0) is 15.1. The molecule has 0 unspecified atom stereocenters. The molecule has 0 aliphatic carbocycles. The largest absolute Gasteiger partial charge is 0.507 e. The molecular formula is C15H17NO4. The molecule has 0 bridgehead atoms. The number of phenols is 1. The van der Waals surface area contributed by atoms with Gasteiger partial charge in [-0.1, -0.05) is 25.9 Å². The minimum atomic E-state index is -1.16. The number of carboxylic acid groups (broad SMARTS) is 1. The highest BCUT2D eigenvalue weighted by Crippen LogP contribution is 2.36. The molecule has 0 amide bonds. The lowest BCUT2D eigenvalue weighted by atomic mass is 9.84. The number of aromatic nitrogens is 1. The number of phenolic OH excluding ortho intramolecular Hbond substituents is 1. The summed E-state index contributed by atoms with van der Waals surface area (Å²) in [7, 11) is 0. The van der Waals surface area contributed by atoms with Gasteiger partial charge in [-0.3, -0.25) is 0 Å². The van der Waals surface area contributed by atoms with Crippen LogP contribution in [-0.2, 0) is 5.41 Å². The maximum atomic E-state index is 10.8. The van der Waals surface area contributed by atoms with Gasteiger partial charge in [0.15, 0.2) is 0 Å². The molecule has 2 N–H and O–H groups in total. The molecule has 5 heteroatoms. The summed E-state index contributed by atoms with van der Waals surface area (Å²) < 4.78 is 4.76. The molecule has 1 heterocycles. The monoisotopic (exact) mass is 275 g/mol. The number of rotatable bonds is 2. The Morgan fingerprint density at radius 1 is 1.25 bits per heavy atom. The van der Waals surface area contributed by atoms with Gasteiger partial charge in [0.25, 0.3) is 0 Å². The molecule has 2 aromatic rings. The summed E-state index contributed by atoms with van der Waals surface area (Å²) in [6.45, 7) is 7.79. The second kappa shape index (κ2) is 4.67. The van der Waals surface area contributed by atoms with Crippen molar-refractivity contribution in [2.75, 3.05) is 0 Å². The molecule has 1 aromatic carbocycles. The summed E-state index contributed by atoms with van der Waals surface area (Å²) >= 11 is 0. The maximum absolute atomic E-state index is 10.8. The number of benzene rings is 1. The van der Waals surface area contributed by atoms with E-state index in [1.807, 2.05) is 26.8 Å². The first kappa shape index (κ1) is 14.1. The van der Waals surface area contributed by atoms with Gasteiger partial charge in [-0.2, -0.15) is 0 Å². The number of carbonyl (C=O) groups is 1. The van der Waals surface area contributed by atoms with Gasteiger partial charge in [-0.15, -0.1) is 0 Å². The van der Waals surface area contributed by atoms with Crippen LogP contribution in [0.1, 0.15) is 42.5 Å². The van der Waals surface area contributed by atoms with Gasteiger partial charge in [-0.25, -0.2) is 4.79 Å². The lowest BCUT2D eigenvalue weighted by Gasteiger charge is -2.22. The number of aryl methyl sites for hydroxylation is 1. The zero-order valence-electron chi connectivity index (χ0n) is 11.9. The third-order valence-electron chi connectivity index (χ3n) is 3.13. The topological polar surface area (TPSA) is 83.6 Å². The van der Waals surface area contributed by atoms with Crippen molar-refractivity contribution in [3.63, 3.8) is 0 Å². The van der Waals surface area contributed by atoms with Crippen molar-refractivity contribution < 1.29 is 19.5 Å². The van der Waals surface area contributed by atoms with Crippen LogP contribution in [0.2, 0.25) is 0 Å². The SMILES string of the molecule is Cc1cc(-c2cc(C(=O)O)on2)cc(C(C)(C)C)c1O. The fraction of sp³-hybridized carbons (Fsp3) is 0.333. The minimum Gasteiger partial charge on any atom is -0.507 e. The smallest absolute Gasteiger partial charge is 0.374 e. The zero-order valence-corrected chi connectivity index (χ0v) is 11.9. The molecule has 0 saturated heterocycles. The van der Waals surface area contributed by atoms with Crippen LogP contribution in [0.4, 0.5) is 0 Å². The van der Waals surface area contributed by atoms with Crippen LogP contribution in [0.5, 0.6) is 5.75 Å². The Morgan fingerprint density at radius 2 is 1.90 bits per heavy atom. The molecular weight excluding hydrogens is 258 g/mol. The second-order valence-electron chi connectivity index (χ2n) is 5.82. The summed E-state index contributed by atoms with van der Waals surface area (Å²) in [5.74, 6) is -1.11. The molecule has 0 radical (unpaired) electrons. The first-order valence-electron chi connectivity index (χ1n) is 6.24. The molecule has 0 aliphatic rings. The van der Waals surface area contributed by atoms with Crippen LogP contribution in [0, 0.1) is 6.92 Å². The standard InChI is InChI=1S/C15H17NO4/c1-8-5-9(6-10(13(8)17)15(2,3)4)11-7-12(14(18)19)20-16-11/h5-7,17H,1-4H3,(H,18,19). The Hall–Kier alpha value is -2.30. The van der Waals surface area contributed by atoms with Crippen molar-refractivity contribution in [3.8, 4) is 17.0 Å². The van der Waals surface area contributed by atoms with E-state index < -0.39 is 5.97 Å². The highest BCUT2D eigenvalue weighted by Gasteiger charge is 2.22. The molecule has 5 nitrogen and oxygen atoms in total. The maximum Gasteiger partial charge on any atom is 0.374 e. The van der Waals surface area contributed by atoms with E-state index in [1.54, 1.807) is 13.0 Å². The highest BCUT2D eigenvalue weighted by atomic mass is 16.5. The van der Waals surface area contributed by atoms with E-state index in [0.717, 1.165) is 11.1 Å². The van der Waals surface area contributed by atoms with E-state index in [4.69, 9.17) is 9.63 Å². The van der Waals surface area contributed by atoms with Gasteiger partial charge in [0.2, 0.25) is 5.76 Å². The Balaban J connectivity index is 2.57. The number of hydrogen-bond acceptors (Lipinski definition) is 4. The van der Waals surface area contributed by atoms with Crippen LogP contribution in [0.3, 0.4) is 0 Å². The van der Waals surface area contributed by atoms with E-state index in [0.29, 0.717) is 11.3 Å². The minimum absolute atomic E-state index is 0.206. The van der Waals surface area contributed by atoms with Crippen LogP contribution in [0.15, 0.2) is 22.7 Å². The van der Waals surface area contributed by atoms with E-state index in [1.165, 1.54) is 6.07 Å². The number of hydrogen-bond donors (Lipinski definition) is 2. The first-order chi connectivity index (χ1) is 9.20. The van der Waals surface area contributed by atoms with Crippen LogP contribution in [0.25, 0.3) is 11.3 Å². The van der Waals surface area contributed by atoms with Crippen LogP contribution in [-0.4, -0.2) is 21.3 Å². The highest BCUT2D eigenvalue weighted by molar-refractivity contribution is 5.85. The predicted octanol–water partition coefficient (Wildman–Crippen LogP) is 3.35. The van der Waals surface area contributed by atoms with Gasteiger partial charge in [0.1, 0.15) is 11.4 Å². The van der Waals surface area contributed by atoms with Crippen molar-refractivity contribution in [3.05, 3.63) is 35.1 Å². The summed E-state index contributed by atoms with van der Waals surface area (Å²) in [6.07, 6.45) is 0. The van der Waals surface area contributed by atoms with E-state index in [9.17, 15) is 9.90 Å². The average Bonchev–Trinajstić information content (AvgIpc) is 2.80. The third-order valence-corrected chi connectivity index (χ3v) is 3.13. The summed E-state index contributed by atoms with van der Waals surface area (Å²) in [6, 6.07) is 4.94. The fourth-order valence-corrected chi connectivity index (χ4v) is 2.01. The molecule has 0 aliphatic heterocycles. The third kappa shape index (κ3) is 2.52. The van der Waals surface area contributed by atoms with Crippen molar-refractivity contribution in [2.24, 2.45) is 0 Å². The van der Waals surface area contributed by atoms with E-state index in [2.05, 4.69) is 5.16 Å². The molecule has 0 fully saturated rings. The second-order valence-corrected chi connectivity index (χ2v) is 5.82. The Bertz CT molecular complexity index is 665. The Morgan fingerprint density at radius 3 is 2.40 bits per heavy atom. The summed E-state index contributed by atoms with van der Waals surface area (Å²) in [5.41, 5.74) is 2.43. The van der Waals surface area contributed by atoms with Crippen molar-refractivity contribution in [1.82, 2.24) is 5.16 Å². The summed E-state index contributed by atoms with van der Waals surface area (Å²) in [5, 5.41) is 22.8. The molecule has 0 atom stereocenters. The average molecular weight is 275 g/mol. The molecule has 1 aromatic heterocycles. The molecule has 0 spiro atoms. The number of carboxylic acids is 1. The normalized spacial score (nSPS) is 11.6. The lowest BCUT2D eigenvalue weighted by Crippen LogP contribution is -2.12. The van der Waals surface area contributed by atoms with E-state index in [-0.39, 0.29) is 16.9 Å². The number of nitrogens with zero attached hydrogens (tertiary/aromatic N) is 1. The lowest BCUT2D eigenvalue weighted by molar-refractivity contribution is 0.0652. The number of aromatic hydroxyl groups is 1. The fourth-order valence-electron chi connectivity index (χ4n) is 2.01. The van der Waals surface area contributed by atoms with E-state index >= 15 is 0 Å². The Kier molecular flexibility index (Phi) is 3.29. The van der Waals surface area contributed by atoms with Crippen molar-refractivity contribution >= 4 is 5.97 Å². The molecule has 20 heavy (non-hydrogen) atoms. The van der Waals surface area contributed by atoms with Crippen LogP contribution < -0.4 is 0 Å².